The molecule has 0 bridgehead atoms. The van der Waals surface area contributed by atoms with Crippen LogP contribution in [0.1, 0.15) is 24.2 Å². The summed E-state index contributed by atoms with van der Waals surface area (Å²) in [5, 5.41) is 2.16. The summed E-state index contributed by atoms with van der Waals surface area (Å²) in [5.41, 5.74) is 1.38. The first kappa shape index (κ1) is 18.7. The van der Waals surface area contributed by atoms with Crippen LogP contribution in [-0.2, 0) is 9.53 Å². The van der Waals surface area contributed by atoms with Gasteiger partial charge in [-0.3, -0.25) is 0 Å². The Morgan fingerprint density at radius 2 is 1.62 bits per heavy atom. The van der Waals surface area contributed by atoms with Crippen LogP contribution in [0.4, 0.5) is 0 Å². The van der Waals surface area contributed by atoms with Crippen molar-refractivity contribution in [2.75, 3.05) is 6.61 Å². The highest BCUT2D eigenvalue weighted by Gasteiger charge is 2.25. The molecule has 4 rings (SSSR count). The maximum Gasteiger partial charge on any atom is 0.352 e. The van der Waals surface area contributed by atoms with Crippen molar-refractivity contribution in [3.05, 3.63) is 88.3 Å². The smallest absolute Gasteiger partial charge is 0.352 e. The Balaban J connectivity index is 1.82. The second-order valence-electron chi connectivity index (χ2n) is 6.66. The lowest BCUT2D eigenvalue weighted by Gasteiger charge is -2.20. The zero-order valence-corrected chi connectivity index (χ0v) is 16.2. The standard InChI is InChI=1S/C24H20O5/c1-3-27-24(26)22(16-9-5-4-6-10-16)28-20-14-13-18-17-11-7-8-12-19(17)23(25)29-21(18)15(20)2/h4-14,22H,3H2,1-2H3/t22-/m1/s1. The summed E-state index contributed by atoms with van der Waals surface area (Å²) in [5.74, 6) is -0.0176. The van der Waals surface area contributed by atoms with Crippen molar-refractivity contribution in [2.24, 2.45) is 0 Å². The van der Waals surface area contributed by atoms with Crippen molar-refractivity contribution in [3.8, 4) is 5.75 Å². The largest absolute Gasteiger partial charge is 0.474 e. The van der Waals surface area contributed by atoms with Gasteiger partial charge in [-0.15, -0.1) is 0 Å². The SMILES string of the molecule is CCOC(=O)[C@H](Oc1ccc2c(oc(=O)c3ccccc32)c1C)c1ccccc1. The van der Waals surface area contributed by atoms with E-state index >= 15 is 0 Å². The monoisotopic (exact) mass is 388 g/mol. The first-order valence-electron chi connectivity index (χ1n) is 9.43. The Morgan fingerprint density at radius 1 is 0.931 bits per heavy atom. The number of hydrogen-bond donors (Lipinski definition) is 0. The fraction of sp³-hybridized carbons (Fsp3) is 0.167. The summed E-state index contributed by atoms with van der Waals surface area (Å²) in [7, 11) is 0. The number of esters is 1. The molecule has 0 N–H and O–H groups in total. The number of hydrogen-bond acceptors (Lipinski definition) is 5. The molecule has 0 aliphatic heterocycles. The van der Waals surface area contributed by atoms with Gasteiger partial charge in [-0.05, 0) is 37.4 Å². The average Bonchev–Trinajstić information content (AvgIpc) is 2.75. The van der Waals surface area contributed by atoms with Crippen LogP contribution in [0.5, 0.6) is 5.75 Å². The molecule has 0 radical (unpaired) electrons. The molecule has 4 aromatic rings. The van der Waals surface area contributed by atoms with E-state index in [0.717, 1.165) is 10.8 Å². The Bertz CT molecular complexity index is 1240. The lowest BCUT2D eigenvalue weighted by Crippen LogP contribution is -2.21. The third-order valence-electron chi connectivity index (χ3n) is 4.84. The van der Waals surface area contributed by atoms with Gasteiger partial charge in [-0.25, -0.2) is 9.59 Å². The molecule has 0 aliphatic rings. The fourth-order valence-corrected chi connectivity index (χ4v) is 3.41. The maximum atomic E-state index is 12.5. The van der Waals surface area contributed by atoms with Crippen LogP contribution in [0.15, 0.2) is 75.9 Å². The summed E-state index contributed by atoms with van der Waals surface area (Å²) in [4.78, 5) is 24.9. The van der Waals surface area contributed by atoms with Crippen LogP contribution in [-0.4, -0.2) is 12.6 Å². The maximum absolute atomic E-state index is 12.5. The molecular weight excluding hydrogens is 368 g/mol. The van der Waals surface area contributed by atoms with E-state index in [1.165, 1.54) is 0 Å². The minimum atomic E-state index is -0.917. The van der Waals surface area contributed by atoms with Gasteiger partial charge < -0.3 is 13.9 Å². The van der Waals surface area contributed by atoms with Gasteiger partial charge in [-0.1, -0.05) is 48.5 Å². The molecular formula is C24H20O5. The van der Waals surface area contributed by atoms with Crippen LogP contribution >= 0.6 is 0 Å². The van der Waals surface area contributed by atoms with Gasteiger partial charge in [0.1, 0.15) is 11.3 Å². The Labute approximate surface area is 167 Å². The quantitative estimate of drug-likeness (QED) is 0.275. The molecule has 5 heteroatoms. The summed E-state index contributed by atoms with van der Waals surface area (Å²) in [6, 6.07) is 20.1. The van der Waals surface area contributed by atoms with Crippen LogP contribution in [0, 0.1) is 6.92 Å². The van der Waals surface area contributed by atoms with Crippen molar-refractivity contribution in [3.63, 3.8) is 0 Å². The van der Waals surface area contributed by atoms with Gasteiger partial charge in [0, 0.05) is 16.5 Å². The van der Waals surface area contributed by atoms with Gasteiger partial charge >= 0.3 is 11.6 Å². The van der Waals surface area contributed by atoms with Gasteiger partial charge in [0.15, 0.2) is 0 Å². The topological polar surface area (TPSA) is 65.7 Å². The van der Waals surface area contributed by atoms with Crippen molar-refractivity contribution < 1.29 is 18.7 Å². The molecule has 0 aliphatic carbocycles. The highest BCUT2D eigenvalue weighted by Crippen LogP contribution is 2.33. The van der Waals surface area contributed by atoms with Gasteiger partial charge in [-0.2, -0.15) is 0 Å². The van der Waals surface area contributed by atoms with Gasteiger partial charge in [0.05, 0.1) is 12.0 Å². The van der Waals surface area contributed by atoms with Crippen LogP contribution in [0.3, 0.4) is 0 Å². The molecule has 0 spiro atoms. The first-order chi connectivity index (χ1) is 14.1. The van der Waals surface area contributed by atoms with Crippen molar-refractivity contribution >= 4 is 27.7 Å². The lowest BCUT2D eigenvalue weighted by molar-refractivity contribution is -0.151. The number of benzene rings is 3. The van der Waals surface area contributed by atoms with Crippen LogP contribution in [0.25, 0.3) is 21.7 Å². The third kappa shape index (κ3) is 3.47. The number of aryl methyl sites for hydroxylation is 1. The summed E-state index contributed by atoms with van der Waals surface area (Å²) < 4.78 is 16.9. The van der Waals surface area contributed by atoms with Gasteiger partial charge in [0.2, 0.25) is 6.10 Å². The molecule has 0 fully saturated rings. The number of rotatable bonds is 5. The highest BCUT2D eigenvalue weighted by molar-refractivity contribution is 6.05. The lowest BCUT2D eigenvalue weighted by atomic mass is 10.0. The second kappa shape index (κ2) is 7.80. The molecule has 1 atom stereocenters. The summed E-state index contributed by atoms with van der Waals surface area (Å²) >= 11 is 0. The fourth-order valence-electron chi connectivity index (χ4n) is 3.41. The number of carbonyl (C=O) groups excluding carboxylic acids is 1. The molecule has 0 saturated carbocycles. The third-order valence-corrected chi connectivity index (χ3v) is 4.84. The van der Waals surface area contributed by atoms with E-state index < -0.39 is 17.7 Å². The molecule has 1 heterocycles. The van der Waals surface area contributed by atoms with Crippen LogP contribution in [0.2, 0.25) is 0 Å². The number of carbonyl (C=O) groups is 1. The van der Waals surface area contributed by atoms with Crippen LogP contribution < -0.4 is 10.4 Å². The molecule has 0 saturated heterocycles. The first-order valence-corrected chi connectivity index (χ1v) is 9.43. The molecule has 5 nitrogen and oxygen atoms in total. The second-order valence-corrected chi connectivity index (χ2v) is 6.66. The Kier molecular flexibility index (Phi) is 5.04. The van der Waals surface area contributed by atoms with Gasteiger partial charge in [0.25, 0.3) is 0 Å². The predicted octanol–water partition coefficient (Wildman–Crippen LogP) is 4.94. The van der Waals surface area contributed by atoms with E-state index in [9.17, 15) is 9.59 Å². The van der Waals surface area contributed by atoms with E-state index in [0.29, 0.717) is 27.8 Å². The van der Waals surface area contributed by atoms with Crippen molar-refractivity contribution in [1.82, 2.24) is 0 Å². The highest BCUT2D eigenvalue weighted by atomic mass is 16.6. The number of ether oxygens (including phenoxy) is 2. The van der Waals surface area contributed by atoms with E-state index in [-0.39, 0.29) is 6.61 Å². The predicted molar refractivity (Wildman–Crippen MR) is 111 cm³/mol. The zero-order chi connectivity index (χ0) is 20.4. The molecule has 3 aromatic carbocycles. The van der Waals surface area contributed by atoms with E-state index in [4.69, 9.17) is 13.9 Å². The molecule has 29 heavy (non-hydrogen) atoms. The van der Waals surface area contributed by atoms with E-state index in [2.05, 4.69) is 0 Å². The molecule has 0 unspecified atom stereocenters. The van der Waals surface area contributed by atoms with Crippen molar-refractivity contribution in [1.29, 1.82) is 0 Å². The zero-order valence-electron chi connectivity index (χ0n) is 16.2. The van der Waals surface area contributed by atoms with E-state index in [1.54, 1.807) is 25.1 Å². The number of fused-ring (bicyclic) bond motifs is 3. The Hall–Kier alpha value is -3.60. The minimum absolute atomic E-state index is 0.253. The summed E-state index contributed by atoms with van der Waals surface area (Å²) in [6.45, 7) is 3.81. The average molecular weight is 388 g/mol. The molecule has 1 aromatic heterocycles. The summed E-state index contributed by atoms with van der Waals surface area (Å²) in [6.07, 6.45) is -0.917. The Morgan fingerprint density at radius 3 is 2.34 bits per heavy atom. The minimum Gasteiger partial charge on any atom is -0.474 e. The van der Waals surface area contributed by atoms with E-state index in [1.807, 2.05) is 55.5 Å². The molecule has 146 valence electrons. The molecule has 0 amide bonds. The van der Waals surface area contributed by atoms with Crippen molar-refractivity contribution in [2.45, 2.75) is 20.0 Å². The normalized spacial score (nSPS) is 12.1.